The number of aromatic nitrogens is 2. The molecule has 1 aromatic carbocycles. The zero-order chi connectivity index (χ0) is 19.5. The van der Waals surface area contributed by atoms with Crippen LogP contribution in [0.2, 0.25) is 0 Å². The first kappa shape index (κ1) is 18.2. The second-order valence-electron chi connectivity index (χ2n) is 6.88. The highest BCUT2D eigenvalue weighted by atomic mass is 16.6. The first-order valence-electron chi connectivity index (χ1n) is 9.40. The van der Waals surface area contributed by atoms with Crippen molar-refractivity contribution in [2.75, 3.05) is 32.1 Å². The van der Waals surface area contributed by atoms with Crippen LogP contribution < -0.4 is 10.1 Å². The largest absolute Gasteiger partial charge is 0.497 e. The molecule has 0 spiro atoms. The molecule has 1 aliphatic rings. The SMILES string of the molecule is COc1ccc(C(CNc2nc3ccccn3c2[N+](=O)[O-])N2CCCC2)cc1. The Hall–Kier alpha value is -3.13. The number of nitrogens with one attached hydrogen (secondary N) is 1. The highest BCUT2D eigenvalue weighted by molar-refractivity contribution is 5.62. The van der Waals surface area contributed by atoms with E-state index >= 15 is 0 Å². The van der Waals surface area contributed by atoms with Crippen LogP contribution in [0.4, 0.5) is 11.6 Å². The van der Waals surface area contributed by atoms with Gasteiger partial charge in [-0.25, -0.2) is 0 Å². The summed E-state index contributed by atoms with van der Waals surface area (Å²) in [6.07, 6.45) is 4.00. The number of hydrogen-bond donors (Lipinski definition) is 1. The van der Waals surface area contributed by atoms with Gasteiger partial charge in [-0.05, 0) is 54.6 Å². The lowest BCUT2D eigenvalue weighted by Crippen LogP contribution is -2.31. The van der Waals surface area contributed by atoms with Crippen LogP contribution in [-0.2, 0) is 0 Å². The van der Waals surface area contributed by atoms with Gasteiger partial charge < -0.3 is 20.2 Å². The Kier molecular flexibility index (Phi) is 5.12. The lowest BCUT2D eigenvalue weighted by atomic mass is 10.1. The molecule has 1 fully saturated rings. The number of benzene rings is 1. The molecular formula is C20H23N5O3. The van der Waals surface area contributed by atoms with Crippen molar-refractivity contribution in [2.24, 2.45) is 0 Å². The molecule has 2 aromatic heterocycles. The van der Waals surface area contributed by atoms with Crippen LogP contribution >= 0.6 is 0 Å². The standard InChI is InChI=1S/C20H23N5O3/c1-28-16-9-7-15(8-10-16)17(23-11-4-5-12-23)14-21-19-20(25(26)27)24-13-3-2-6-18(24)22-19/h2-3,6-10,13,17,21H,4-5,11-12,14H2,1H3. The minimum absolute atomic E-state index is 0.0366. The van der Waals surface area contributed by atoms with Crippen molar-refractivity contribution >= 4 is 17.3 Å². The van der Waals surface area contributed by atoms with Crippen molar-refractivity contribution in [1.82, 2.24) is 14.3 Å². The third-order valence-corrected chi connectivity index (χ3v) is 5.22. The zero-order valence-electron chi connectivity index (χ0n) is 15.7. The van der Waals surface area contributed by atoms with Gasteiger partial charge in [0.1, 0.15) is 5.75 Å². The number of pyridine rings is 1. The van der Waals surface area contributed by atoms with E-state index in [1.807, 2.05) is 18.2 Å². The summed E-state index contributed by atoms with van der Waals surface area (Å²) < 4.78 is 6.76. The summed E-state index contributed by atoms with van der Waals surface area (Å²) in [5.41, 5.74) is 1.71. The van der Waals surface area contributed by atoms with Crippen molar-refractivity contribution in [1.29, 1.82) is 0 Å². The average molecular weight is 381 g/mol. The van der Waals surface area contributed by atoms with E-state index in [0.717, 1.165) is 24.4 Å². The minimum atomic E-state index is -0.388. The summed E-state index contributed by atoms with van der Waals surface area (Å²) in [5, 5.41) is 14.9. The number of nitrogens with zero attached hydrogens (tertiary/aromatic N) is 4. The van der Waals surface area contributed by atoms with E-state index in [1.54, 1.807) is 25.4 Å². The highest BCUT2D eigenvalue weighted by Gasteiger charge is 2.27. The molecule has 1 N–H and O–H groups in total. The van der Waals surface area contributed by atoms with E-state index in [9.17, 15) is 10.1 Å². The van der Waals surface area contributed by atoms with Crippen LogP contribution in [0.15, 0.2) is 48.7 Å². The van der Waals surface area contributed by atoms with Crippen molar-refractivity contribution in [3.05, 3.63) is 64.3 Å². The molecule has 28 heavy (non-hydrogen) atoms. The summed E-state index contributed by atoms with van der Waals surface area (Å²) in [4.78, 5) is 18.1. The van der Waals surface area contributed by atoms with E-state index in [1.165, 1.54) is 17.2 Å². The highest BCUT2D eigenvalue weighted by Crippen LogP contribution is 2.30. The summed E-state index contributed by atoms with van der Waals surface area (Å²) >= 11 is 0. The maximum Gasteiger partial charge on any atom is 0.372 e. The number of ether oxygens (including phenoxy) is 1. The Morgan fingerprint density at radius 3 is 2.64 bits per heavy atom. The van der Waals surface area contributed by atoms with Gasteiger partial charge in [-0.2, -0.15) is 9.38 Å². The fourth-order valence-corrected chi connectivity index (χ4v) is 3.81. The van der Waals surface area contributed by atoms with Gasteiger partial charge in [-0.3, -0.25) is 4.90 Å². The zero-order valence-corrected chi connectivity index (χ0v) is 15.7. The number of imidazole rings is 1. The molecule has 1 saturated heterocycles. The van der Waals surface area contributed by atoms with Gasteiger partial charge in [0.2, 0.25) is 11.5 Å². The maximum atomic E-state index is 11.6. The van der Waals surface area contributed by atoms with Crippen LogP contribution in [-0.4, -0.2) is 46.0 Å². The van der Waals surface area contributed by atoms with Crippen LogP contribution in [0.3, 0.4) is 0 Å². The molecule has 146 valence electrons. The molecule has 1 unspecified atom stereocenters. The third-order valence-electron chi connectivity index (χ3n) is 5.22. The Labute approximate surface area is 162 Å². The summed E-state index contributed by atoms with van der Waals surface area (Å²) in [6.45, 7) is 2.58. The quantitative estimate of drug-likeness (QED) is 0.498. The number of rotatable bonds is 7. The number of fused-ring (bicyclic) bond motifs is 1. The molecule has 8 nitrogen and oxygen atoms in total. The van der Waals surface area contributed by atoms with Crippen molar-refractivity contribution in [3.8, 4) is 5.75 Å². The van der Waals surface area contributed by atoms with Gasteiger partial charge in [0.05, 0.1) is 19.3 Å². The fraction of sp³-hybridized carbons (Fsp3) is 0.350. The second-order valence-corrected chi connectivity index (χ2v) is 6.88. The summed E-state index contributed by atoms with van der Waals surface area (Å²) in [7, 11) is 1.65. The average Bonchev–Trinajstić information content (AvgIpc) is 3.36. The number of hydrogen-bond acceptors (Lipinski definition) is 6. The predicted octanol–water partition coefficient (Wildman–Crippen LogP) is 3.50. The first-order valence-corrected chi connectivity index (χ1v) is 9.40. The smallest absolute Gasteiger partial charge is 0.372 e. The monoisotopic (exact) mass is 381 g/mol. The number of nitro groups is 1. The fourth-order valence-electron chi connectivity index (χ4n) is 3.81. The van der Waals surface area contributed by atoms with Gasteiger partial charge in [-0.1, -0.05) is 18.2 Å². The van der Waals surface area contributed by atoms with Crippen LogP contribution in [0.25, 0.3) is 5.65 Å². The van der Waals surface area contributed by atoms with E-state index in [4.69, 9.17) is 4.74 Å². The summed E-state index contributed by atoms with van der Waals surface area (Å²) in [5.74, 6) is 1.08. The topological polar surface area (TPSA) is 84.9 Å². The molecule has 1 atom stereocenters. The molecule has 0 bridgehead atoms. The Morgan fingerprint density at radius 2 is 1.96 bits per heavy atom. The first-order chi connectivity index (χ1) is 13.7. The molecular weight excluding hydrogens is 358 g/mol. The molecule has 4 rings (SSSR count). The molecule has 3 aromatic rings. The molecule has 1 aliphatic heterocycles. The Morgan fingerprint density at radius 1 is 1.21 bits per heavy atom. The maximum absolute atomic E-state index is 11.6. The number of methoxy groups -OCH3 is 1. The number of likely N-dealkylation sites (tertiary alicyclic amines) is 1. The lowest BCUT2D eigenvalue weighted by molar-refractivity contribution is -0.389. The van der Waals surface area contributed by atoms with Crippen molar-refractivity contribution < 1.29 is 9.66 Å². The summed E-state index contributed by atoms with van der Waals surface area (Å²) in [6, 6.07) is 13.5. The van der Waals surface area contributed by atoms with Gasteiger partial charge in [-0.15, -0.1) is 0 Å². The molecule has 3 heterocycles. The van der Waals surface area contributed by atoms with Gasteiger partial charge >= 0.3 is 5.82 Å². The van der Waals surface area contributed by atoms with Crippen LogP contribution in [0.1, 0.15) is 24.4 Å². The third kappa shape index (κ3) is 3.50. The normalized spacial score (nSPS) is 15.6. The number of anilines is 1. The minimum Gasteiger partial charge on any atom is -0.497 e. The van der Waals surface area contributed by atoms with Crippen LogP contribution in [0, 0.1) is 10.1 Å². The van der Waals surface area contributed by atoms with E-state index in [2.05, 4.69) is 27.3 Å². The molecule has 0 radical (unpaired) electrons. The van der Waals surface area contributed by atoms with Crippen molar-refractivity contribution in [3.63, 3.8) is 0 Å². The van der Waals surface area contributed by atoms with E-state index in [0.29, 0.717) is 18.0 Å². The molecule has 0 aliphatic carbocycles. The van der Waals surface area contributed by atoms with Gasteiger partial charge in [0, 0.05) is 12.6 Å². The Balaban J connectivity index is 1.61. The molecule has 0 saturated carbocycles. The van der Waals surface area contributed by atoms with Crippen LogP contribution in [0.5, 0.6) is 5.75 Å². The second kappa shape index (κ2) is 7.85. The lowest BCUT2D eigenvalue weighted by Gasteiger charge is -2.28. The molecule has 8 heteroatoms. The Bertz CT molecular complexity index is 964. The van der Waals surface area contributed by atoms with Gasteiger partial charge in [0.15, 0.2) is 0 Å². The van der Waals surface area contributed by atoms with E-state index < -0.39 is 0 Å². The predicted molar refractivity (Wildman–Crippen MR) is 107 cm³/mol. The van der Waals surface area contributed by atoms with Crippen molar-refractivity contribution in [2.45, 2.75) is 18.9 Å². The van der Waals surface area contributed by atoms with Gasteiger partial charge in [0.25, 0.3) is 0 Å². The van der Waals surface area contributed by atoms with E-state index in [-0.39, 0.29) is 16.8 Å². The molecule has 0 amide bonds.